The molecule has 0 aliphatic heterocycles. The van der Waals surface area contributed by atoms with E-state index in [2.05, 4.69) is 40.2 Å². The molecular weight excluding hydrogens is 506 g/mol. The first-order valence-corrected chi connectivity index (χ1v) is 13.7. The summed E-state index contributed by atoms with van der Waals surface area (Å²) in [6, 6.07) is 35.0. The van der Waals surface area contributed by atoms with Crippen LogP contribution in [0.25, 0.3) is 11.1 Å². The number of halogens is 1. The van der Waals surface area contributed by atoms with Gasteiger partial charge in [0.25, 0.3) is 5.91 Å². The molecule has 5 nitrogen and oxygen atoms in total. The summed E-state index contributed by atoms with van der Waals surface area (Å²) >= 11 is 6.09. The molecule has 3 N–H and O–H groups in total. The van der Waals surface area contributed by atoms with Crippen molar-refractivity contribution in [2.45, 2.75) is 37.4 Å². The van der Waals surface area contributed by atoms with E-state index in [0.717, 1.165) is 23.1 Å². The van der Waals surface area contributed by atoms with Crippen molar-refractivity contribution in [3.8, 4) is 11.1 Å². The summed E-state index contributed by atoms with van der Waals surface area (Å²) in [6.07, 6.45) is 1.56. The summed E-state index contributed by atoms with van der Waals surface area (Å²) in [7, 11) is 0. The van der Waals surface area contributed by atoms with Crippen LogP contribution in [0.4, 0.5) is 0 Å². The van der Waals surface area contributed by atoms with Gasteiger partial charge in [-0.2, -0.15) is 0 Å². The van der Waals surface area contributed by atoms with Gasteiger partial charge in [-0.15, -0.1) is 0 Å². The summed E-state index contributed by atoms with van der Waals surface area (Å²) < 4.78 is 0. The Hall–Kier alpha value is -3.93. The first-order valence-electron chi connectivity index (χ1n) is 13.3. The lowest BCUT2D eigenvalue weighted by atomic mass is 10.0. The summed E-state index contributed by atoms with van der Waals surface area (Å²) in [6.45, 7) is 0.958. The Labute approximate surface area is 234 Å². The van der Waals surface area contributed by atoms with Crippen LogP contribution >= 0.6 is 11.6 Å². The Balaban J connectivity index is 1.21. The molecule has 1 aliphatic rings. The molecule has 1 fully saturated rings. The maximum Gasteiger partial charge on any atom is 0.251 e. The molecule has 39 heavy (non-hydrogen) atoms. The van der Waals surface area contributed by atoms with Crippen molar-refractivity contribution in [2.75, 3.05) is 6.54 Å². The van der Waals surface area contributed by atoms with E-state index in [-0.39, 0.29) is 11.8 Å². The van der Waals surface area contributed by atoms with Gasteiger partial charge < -0.3 is 16.0 Å². The van der Waals surface area contributed by atoms with Gasteiger partial charge in [0.15, 0.2) is 0 Å². The quantitative estimate of drug-likeness (QED) is 0.221. The van der Waals surface area contributed by atoms with Crippen LogP contribution in [0.3, 0.4) is 0 Å². The second kappa shape index (κ2) is 12.7. The number of benzene rings is 4. The predicted octanol–water partition coefficient (Wildman–Crippen LogP) is 5.96. The molecular formula is C33H32ClN3O2. The number of hydrogen-bond acceptors (Lipinski definition) is 3. The van der Waals surface area contributed by atoms with E-state index >= 15 is 0 Å². The van der Waals surface area contributed by atoms with Crippen molar-refractivity contribution >= 4 is 23.4 Å². The first kappa shape index (κ1) is 26.7. The molecule has 1 aliphatic carbocycles. The van der Waals surface area contributed by atoms with Gasteiger partial charge in [0, 0.05) is 29.1 Å². The van der Waals surface area contributed by atoms with Gasteiger partial charge in [-0.05, 0) is 65.9 Å². The normalized spacial score (nSPS) is 16.7. The molecule has 0 bridgehead atoms. The maximum absolute atomic E-state index is 13.2. The average Bonchev–Trinajstić information content (AvgIpc) is 3.76. The zero-order chi connectivity index (χ0) is 27.0. The lowest BCUT2D eigenvalue weighted by Gasteiger charge is -2.19. The standard InChI is InChI=1S/C33H32ClN3O2/c34-28-13-7-8-23(20-28)22-36-33(39)30(18-19-35-31-21-29(31)26-11-5-2-6-12-26)37-32(38)27-16-14-25(15-17-27)24-9-3-1-4-10-24/h1-17,20,29-31,35H,18-19,21-22H2,(H,36,39)(H,37,38)/t29?,30-,31?/m0/s1. The monoisotopic (exact) mass is 537 g/mol. The van der Waals surface area contributed by atoms with Gasteiger partial charge in [0.2, 0.25) is 5.91 Å². The molecule has 4 aromatic rings. The number of rotatable bonds is 11. The summed E-state index contributed by atoms with van der Waals surface area (Å²) in [5, 5.41) is 10.1. The molecule has 1 saturated carbocycles. The molecule has 3 atom stereocenters. The fourth-order valence-corrected chi connectivity index (χ4v) is 5.03. The second-order valence-electron chi connectivity index (χ2n) is 9.92. The highest BCUT2D eigenvalue weighted by atomic mass is 35.5. The maximum atomic E-state index is 13.2. The van der Waals surface area contributed by atoms with E-state index in [1.807, 2.05) is 66.7 Å². The Morgan fingerprint density at radius 1 is 0.821 bits per heavy atom. The van der Waals surface area contributed by atoms with E-state index in [1.54, 1.807) is 18.2 Å². The predicted molar refractivity (Wildman–Crippen MR) is 157 cm³/mol. The van der Waals surface area contributed by atoms with Crippen molar-refractivity contribution in [2.24, 2.45) is 0 Å². The van der Waals surface area contributed by atoms with Crippen LogP contribution in [0.2, 0.25) is 5.02 Å². The highest BCUT2D eigenvalue weighted by Crippen LogP contribution is 2.40. The molecule has 0 radical (unpaired) electrons. The number of carbonyl (C=O) groups excluding carboxylic acids is 2. The van der Waals surface area contributed by atoms with E-state index in [4.69, 9.17) is 11.6 Å². The minimum atomic E-state index is -0.674. The molecule has 198 valence electrons. The van der Waals surface area contributed by atoms with Crippen LogP contribution in [0.15, 0.2) is 109 Å². The van der Waals surface area contributed by atoms with Crippen molar-refractivity contribution in [3.05, 3.63) is 131 Å². The largest absolute Gasteiger partial charge is 0.350 e. The highest BCUT2D eigenvalue weighted by Gasteiger charge is 2.37. The van der Waals surface area contributed by atoms with E-state index in [1.165, 1.54) is 5.56 Å². The van der Waals surface area contributed by atoms with E-state index in [9.17, 15) is 9.59 Å². The smallest absolute Gasteiger partial charge is 0.251 e. The average molecular weight is 538 g/mol. The Morgan fingerprint density at radius 2 is 1.51 bits per heavy atom. The molecule has 0 heterocycles. The summed E-state index contributed by atoms with van der Waals surface area (Å²) in [4.78, 5) is 26.3. The summed E-state index contributed by atoms with van der Waals surface area (Å²) in [5.74, 6) is 0.00608. The molecule has 2 amide bonds. The van der Waals surface area contributed by atoms with Crippen LogP contribution in [0, 0.1) is 0 Å². The van der Waals surface area contributed by atoms with Crippen molar-refractivity contribution < 1.29 is 9.59 Å². The molecule has 0 saturated heterocycles. The Bertz CT molecular complexity index is 1390. The molecule has 2 unspecified atom stereocenters. The molecule has 5 rings (SSSR count). The van der Waals surface area contributed by atoms with Crippen LogP contribution in [0.1, 0.15) is 40.2 Å². The lowest BCUT2D eigenvalue weighted by molar-refractivity contribution is -0.123. The number of amides is 2. The third-order valence-electron chi connectivity index (χ3n) is 7.09. The second-order valence-corrected chi connectivity index (χ2v) is 10.4. The van der Waals surface area contributed by atoms with Gasteiger partial charge in [-0.1, -0.05) is 96.5 Å². The van der Waals surface area contributed by atoms with Crippen LogP contribution < -0.4 is 16.0 Å². The SMILES string of the molecule is O=C(N[C@@H](CCNC1CC1c1ccccc1)C(=O)NCc1cccc(Cl)c1)c1ccc(-c2ccccc2)cc1. The van der Waals surface area contributed by atoms with Crippen molar-refractivity contribution in [3.63, 3.8) is 0 Å². The fraction of sp³-hybridized carbons (Fsp3) is 0.212. The van der Waals surface area contributed by atoms with Gasteiger partial charge in [0.05, 0.1) is 0 Å². The molecule has 4 aromatic carbocycles. The van der Waals surface area contributed by atoms with Gasteiger partial charge in [-0.25, -0.2) is 0 Å². The summed E-state index contributed by atoms with van der Waals surface area (Å²) in [5.41, 5.74) is 4.87. The van der Waals surface area contributed by atoms with E-state index in [0.29, 0.717) is 42.1 Å². The van der Waals surface area contributed by atoms with Crippen LogP contribution in [-0.4, -0.2) is 30.4 Å². The van der Waals surface area contributed by atoms with Crippen molar-refractivity contribution in [1.29, 1.82) is 0 Å². The topological polar surface area (TPSA) is 70.2 Å². The molecule has 0 aromatic heterocycles. The first-order chi connectivity index (χ1) is 19.1. The zero-order valence-corrected chi connectivity index (χ0v) is 22.4. The highest BCUT2D eigenvalue weighted by molar-refractivity contribution is 6.30. The number of hydrogen-bond donors (Lipinski definition) is 3. The Kier molecular flexibility index (Phi) is 8.71. The minimum absolute atomic E-state index is 0.221. The van der Waals surface area contributed by atoms with Gasteiger partial charge in [0.1, 0.15) is 6.04 Å². The fourth-order valence-electron chi connectivity index (χ4n) is 4.82. The number of nitrogens with one attached hydrogen (secondary N) is 3. The number of carbonyl (C=O) groups is 2. The molecule has 0 spiro atoms. The van der Waals surface area contributed by atoms with E-state index < -0.39 is 6.04 Å². The third-order valence-corrected chi connectivity index (χ3v) is 7.32. The Morgan fingerprint density at radius 3 is 2.23 bits per heavy atom. The van der Waals surface area contributed by atoms with Gasteiger partial charge >= 0.3 is 0 Å². The lowest BCUT2D eigenvalue weighted by Crippen LogP contribution is -2.48. The minimum Gasteiger partial charge on any atom is -0.350 e. The third kappa shape index (κ3) is 7.34. The van der Waals surface area contributed by atoms with Gasteiger partial charge in [-0.3, -0.25) is 9.59 Å². The zero-order valence-electron chi connectivity index (χ0n) is 21.6. The van der Waals surface area contributed by atoms with Crippen LogP contribution in [0.5, 0.6) is 0 Å². The van der Waals surface area contributed by atoms with Crippen molar-refractivity contribution in [1.82, 2.24) is 16.0 Å². The molecule has 6 heteroatoms. The van der Waals surface area contributed by atoms with Crippen LogP contribution in [-0.2, 0) is 11.3 Å².